The first kappa shape index (κ1) is 15.4. The Morgan fingerprint density at radius 2 is 1.75 bits per heavy atom. The summed E-state index contributed by atoms with van der Waals surface area (Å²) in [6, 6.07) is 2.77. The van der Waals surface area contributed by atoms with Crippen LogP contribution in [0.1, 0.15) is 33.1 Å². The number of sulfonamides is 1. The van der Waals surface area contributed by atoms with Crippen molar-refractivity contribution in [3.05, 3.63) is 29.8 Å². The van der Waals surface area contributed by atoms with Crippen LogP contribution in [-0.4, -0.2) is 14.5 Å². The molecule has 112 valence electrons. The number of hydrogen-bond acceptors (Lipinski definition) is 2. The van der Waals surface area contributed by atoms with E-state index in [1.54, 1.807) is 0 Å². The van der Waals surface area contributed by atoms with Crippen LogP contribution in [0.5, 0.6) is 0 Å². The topological polar surface area (TPSA) is 46.2 Å². The molecule has 3 nitrogen and oxygen atoms in total. The van der Waals surface area contributed by atoms with Crippen molar-refractivity contribution >= 4 is 10.0 Å². The van der Waals surface area contributed by atoms with Crippen molar-refractivity contribution in [2.75, 3.05) is 0 Å². The molecule has 0 unspecified atom stereocenters. The van der Waals surface area contributed by atoms with Crippen LogP contribution in [0.2, 0.25) is 0 Å². The van der Waals surface area contributed by atoms with Gasteiger partial charge in [-0.1, -0.05) is 32.8 Å². The lowest BCUT2D eigenvalue weighted by atomic mass is 9.78. The maximum atomic E-state index is 13.6. The molecule has 1 aliphatic carbocycles. The quantitative estimate of drug-likeness (QED) is 0.933. The van der Waals surface area contributed by atoms with E-state index < -0.39 is 26.6 Å². The molecule has 0 heterocycles. The fraction of sp³-hybridized carbons (Fsp3) is 0.571. The third-order valence-electron chi connectivity index (χ3n) is 4.20. The van der Waals surface area contributed by atoms with Crippen LogP contribution in [-0.2, 0) is 10.0 Å². The largest absolute Gasteiger partial charge is 0.246 e. The lowest BCUT2D eigenvalue weighted by Gasteiger charge is -2.34. The van der Waals surface area contributed by atoms with Gasteiger partial charge in [-0.05, 0) is 30.4 Å². The van der Waals surface area contributed by atoms with Gasteiger partial charge < -0.3 is 0 Å². The van der Waals surface area contributed by atoms with Crippen molar-refractivity contribution in [1.82, 2.24) is 4.72 Å². The molecule has 6 heteroatoms. The van der Waals surface area contributed by atoms with E-state index in [1.165, 1.54) is 0 Å². The molecule has 0 aliphatic heterocycles. The first-order chi connectivity index (χ1) is 9.33. The Kier molecular flexibility index (Phi) is 4.44. The second kappa shape index (κ2) is 5.77. The van der Waals surface area contributed by atoms with Gasteiger partial charge >= 0.3 is 0 Å². The highest BCUT2D eigenvalue weighted by molar-refractivity contribution is 7.89. The van der Waals surface area contributed by atoms with Crippen LogP contribution < -0.4 is 4.72 Å². The Bertz CT molecular complexity index is 569. The second-order valence-electron chi connectivity index (χ2n) is 5.55. The molecular weight excluding hydrogens is 284 g/mol. The van der Waals surface area contributed by atoms with Crippen molar-refractivity contribution in [3.63, 3.8) is 0 Å². The number of hydrogen-bond donors (Lipinski definition) is 1. The Morgan fingerprint density at radius 1 is 1.15 bits per heavy atom. The predicted octanol–water partition coefficient (Wildman–Crippen LogP) is 3.07. The molecule has 1 aromatic rings. The van der Waals surface area contributed by atoms with Crippen LogP contribution in [0.25, 0.3) is 0 Å². The summed E-state index contributed by atoms with van der Waals surface area (Å²) >= 11 is 0. The highest BCUT2D eigenvalue weighted by atomic mass is 32.2. The Labute approximate surface area is 118 Å². The van der Waals surface area contributed by atoms with E-state index in [0.717, 1.165) is 31.0 Å². The smallest absolute Gasteiger partial charge is 0.208 e. The first-order valence-corrected chi connectivity index (χ1v) is 8.27. The summed E-state index contributed by atoms with van der Waals surface area (Å²) in [4.78, 5) is -0.884. The van der Waals surface area contributed by atoms with Gasteiger partial charge in [-0.3, -0.25) is 0 Å². The van der Waals surface area contributed by atoms with Crippen molar-refractivity contribution in [1.29, 1.82) is 0 Å². The molecule has 3 atom stereocenters. The summed E-state index contributed by atoms with van der Waals surface area (Å²) in [5.74, 6) is -1.58. The van der Waals surface area contributed by atoms with Crippen molar-refractivity contribution in [2.24, 2.45) is 11.8 Å². The highest BCUT2D eigenvalue weighted by Crippen LogP contribution is 2.31. The molecule has 0 amide bonds. The van der Waals surface area contributed by atoms with Gasteiger partial charge in [0.1, 0.15) is 11.6 Å². The molecule has 1 fully saturated rings. The summed E-state index contributed by atoms with van der Waals surface area (Å²) in [5.41, 5.74) is 0. The first-order valence-electron chi connectivity index (χ1n) is 6.79. The van der Waals surface area contributed by atoms with E-state index in [-0.39, 0.29) is 12.0 Å². The van der Waals surface area contributed by atoms with Gasteiger partial charge in [0.05, 0.1) is 0 Å². The van der Waals surface area contributed by atoms with Gasteiger partial charge in [0, 0.05) is 6.04 Å². The minimum absolute atomic E-state index is 0.147. The van der Waals surface area contributed by atoms with Gasteiger partial charge in [-0.25, -0.2) is 21.9 Å². The number of benzene rings is 1. The van der Waals surface area contributed by atoms with Gasteiger partial charge in [0.2, 0.25) is 10.0 Å². The normalized spacial score (nSPS) is 27.5. The second-order valence-corrected chi connectivity index (χ2v) is 7.20. The van der Waals surface area contributed by atoms with Gasteiger partial charge in [-0.2, -0.15) is 0 Å². The van der Waals surface area contributed by atoms with Crippen LogP contribution >= 0.6 is 0 Å². The predicted molar refractivity (Wildman–Crippen MR) is 72.6 cm³/mol. The fourth-order valence-electron chi connectivity index (χ4n) is 2.75. The van der Waals surface area contributed by atoms with Crippen molar-refractivity contribution in [2.45, 2.75) is 44.0 Å². The van der Waals surface area contributed by atoms with E-state index in [2.05, 4.69) is 11.6 Å². The minimum Gasteiger partial charge on any atom is -0.208 e. The summed E-state index contributed by atoms with van der Waals surface area (Å²) < 4.78 is 54.1. The Morgan fingerprint density at radius 3 is 2.35 bits per heavy atom. The Hall–Kier alpha value is -1.01. The molecule has 0 aromatic heterocycles. The third-order valence-corrected chi connectivity index (χ3v) is 5.74. The molecule has 0 saturated heterocycles. The molecule has 1 aromatic carbocycles. The van der Waals surface area contributed by atoms with Crippen molar-refractivity contribution < 1.29 is 17.2 Å². The van der Waals surface area contributed by atoms with Crippen LogP contribution in [0.15, 0.2) is 23.1 Å². The van der Waals surface area contributed by atoms with E-state index in [1.807, 2.05) is 6.92 Å². The van der Waals surface area contributed by atoms with Crippen molar-refractivity contribution in [3.8, 4) is 0 Å². The molecule has 0 spiro atoms. The molecule has 0 bridgehead atoms. The zero-order chi connectivity index (χ0) is 14.9. The lowest BCUT2D eigenvalue weighted by molar-refractivity contribution is 0.226. The average molecular weight is 303 g/mol. The van der Waals surface area contributed by atoms with E-state index in [4.69, 9.17) is 0 Å². The lowest BCUT2D eigenvalue weighted by Crippen LogP contribution is -2.44. The average Bonchev–Trinajstić information content (AvgIpc) is 2.34. The molecule has 1 N–H and O–H groups in total. The zero-order valence-electron chi connectivity index (χ0n) is 11.6. The summed E-state index contributed by atoms with van der Waals surface area (Å²) in [6.07, 6.45) is 2.66. The molecule has 2 rings (SSSR count). The Balaban J connectivity index is 2.28. The zero-order valence-corrected chi connectivity index (χ0v) is 12.4. The van der Waals surface area contributed by atoms with E-state index in [9.17, 15) is 17.2 Å². The van der Waals surface area contributed by atoms with Gasteiger partial charge in [0.15, 0.2) is 4.90 Å². The molecule has 20 heavy (non-hydrogen) atoms. The minimum atomic E-state index is -4.18. The maximum absolute atomic E-state index is 13.6. The van der Waals surface area contributed by atoms with E-state index >= 15 is 0 Å². The molecule has 0 radical (unpaired) electrons. The standard InChI is InChI=1S/C14H19F2NO2S/c1-9-5-3-8-13(10(9)2)17-20(18,19)14-11(15)6-4-7-12(14)16/h4,6-7,9-10,13,17H,3,5,8H2,1-2H3/t9-,10+,13-/m0/s1. The van der Waals surface area contributed by atoms with Gasteiger partial charge in [-0.15, -0.1) is 0 Å². The van der Waals surface area contributed by atoms with E-state index in [0.29, 0.717) is 12.3 Å². The molecule has 1 aliphatic rings. The molecule has 1 saturated carbocycles. The monoisotopic (exact) mass is 303 g/mol. The fourth-order valence-corrected chi connectivity index (χ4v) is 4.24. The number of nitrogens with one attached hydrogen (secondary N) is 1. The number of halogens is 2. The molecular formula is C14H19F2NO2S. The van der Waals surface area contributed by atoms with Gasteiger partial charge in [0.25, 0.3) is 0 Å². The van der Waals surface area contributed by atoms with Crippen LogP contribution in [0, 0.1) is 23.5 Å². The highest BCUT2D eigenvalue weighted by Gasteiger charge is 2.33. The van der Waals surface area contributed by atoms with Crippen LogP contribution in [0.4, 0.5) is 8.78 Å². The number of rotatable bonds is 3. The maximum Gasteiger partial charge on any atom is 0.246 e. The summed E-state index contributed by atoms with van der Waals surface area (Å²) in [7, 11) is -4.18. The SMILES string of the molecule is C[C@H]1[C@@H](NS(=O)(=O)c2c(F)cccc2F)CCC[C@@H]1C. The summed E-state index contributed by atoms with van der Waals surface area (Å²) in [5, 5.41) is 0. The summed E-state index contributed by atoms with van der Waals surface area (Å²) in [6.45, 7) is 4.03. The third kappa shape index (κ3) is 3.01. The van der Waals surface area contributed by atoms with Crippen LogP contribution in [0.3, 0.4) is 0 Å².